The van der Waals surface area contributed by atoms with Gasteiger partial charge in [-0.25, -0.2) is 0 Å². The quantitative estimate of drug-likeness (QED) is 0.748. The maximum atomic E-state index is 12.0. The predicted molar refractivity (Wildman–Crippen MR) is 103 cm³/mol. The number of fused-ring (bicyclic) bond motifs is 5. The van der Waals surface area contributed by atoms with Gasteiger partial charge in [0.1, 0.15) is 6.10 Å². The second-order valence-corrected chi connectivity index (χ2v) is 9.78. The molecule has 4 aliphatic carbocycles. The van der Waals surface area contributed by atoms with Gasteiger partial charge in [-0.2, -0.15) is 0 Å². The van der Waals surface area contributed by atoms with Gasteiger partial charge < -0.3 is 9.84 Å². The largest absolute Gasteiger partial charge is 0.461 e. The molecule has 0 unspecified atom stereocenters. The van der Waals surface area contributed by atoms with Crippen molar-refractivity contribution in [1.29, 1.82) is 0 Å². The maximum Gasteiger partial charge on any atom is 0.305 e. The summed E-state index contributed by atoms with van der Waals surface area (Å²) >= 11 is 0. The highest BCUT2D eigenvalue weighted by atomic mass is 16.5. The molecule has 0 bridgehead atoms. The Bertz CT molecular complexity index is 722. The van der Waals surface area contributed by atoms with Crippen LogP contribution >= 0.6 is 0 Å². The van der Waals surface area contributed by atoms with Crippen LogP contribution < -0.4 is 0 Å². The lowest BCUT2D eigenvalue weighted by Gasteiger charge is -2.58. The van der Waals surface area contributed by atoms with Crippen LogP contribution in [0.1, 0.15) is 59.8 Å². The average molecular weight is 373 g/mol. The van der Waals surface area contributed by atoms with Crippen molar-refractivity contribution in [3.63, 3.8) is 0 Å². The number of esters is 1. The smallest absolute Gasteiger partial charge is 0.305 e. The normalized spacial score (nSPS) is 48.3. The second-order valence-electron chi connectivity index (χ2n) is 9.78. The van der Waals surface area contributed by atoms with E-state index in [-0.39, 0.29) is 34.6 Å². The summed E-state index contributed by atoms with van der Waals surface area (Å²) in [6.45, 7) is 8.44. The molecule has 0 aliphatic heterocycles. The van der Waals surface area contributed by atoms with E-state index >= 15 is 0 Å². The van der Waals surface area contributed by atoms with E-state index in [1.54, 1.807) is 12.2 Å². The molecule has 0 aromatic rings. The van der Waals surface area contributed by atoms with Crippen LogP contribution in [0.3, 0.4) is 0 Å². The van der Waals surface area contributed by atoms with Crippen LogP contribution in [0.5, 0.6) is 0 Å². The first kappa shape index (κ1) is 18.9. The number of carbonyl (C=O) groups is 2. The molecule has 0 saturated heterocycles. The van der Waals surface area contributed by atoms with Crippen LogP contribution in [0.15, 0.2) is 23.8 Å². The number of aliphatic hydroxyl groups excluding tert-OH is 1. The van der Waals surface area contributed by atoms with Crippen molar-refractivity contribution in [3.05, 3.63) is 23.8 Å². The van der Waals surface area contributed by atoms with Crippen molar-refractivity contribution in [2.45, 2.75) is 72.0 Å². The van der Waals surface area contributed by atoms with E-state index in [9.17, 15) is 14.7 Å². The summed E-state index contributed by atoms with van der Waals surface area (Å²) in [5.41, 5.74) is 0.772. The van der Waals surface area contributed by atoms with E-state index in [1.807, 2.05) is 13.0 Å². The minimum absolute atomic E-state index is 0.0668. The van der Waals surface area contributed by atoms with Crippen LogP contribution in [0, 0.1) is 34.5 Å². The van der Waals surface area contributed by atoms with E-state index in [2.05, 4.69) is 20.8 Å². The molecule has 1 N–H and O–H groups in total. The van der Waals surface area contributed by atoms with Crippen LogP contribution in [0.4, 0.5) is 0 Å². The number of hydrogen-bond donors (Lipinski definition) is 1. The summed E-state index contributed by atoms with van der Waals surface area (Å²) in [7, 11) is 0. The molecule has 8 atom stereocenters. The molecule has 0 spiro atoms. The van der Waals surface area contributed by atoms with Crippen LogP contribution in [0.25, 0.3) is 0 Å². The topological polar surface area (TPSA) is 63.6 Å². The Kier molecular flexibility index (Phi) is 4.41. The first-order valence-corrected chi connectivity index (χ1v) is 10.5. The second kappa shape index (κ2) is 6.30. The third kappa shape index (κ3) is 2.66. The van der Waals surface area contributed by atoms with E-state index in [0.717, 1.165) is 19.3 Å². The van der Waals surface area contributed by atoms with Gasteiger partial charge in [0.15, 0.2) is 5.78 Å². The summed E-state index contributed by atoms with van der Waals surface area (Å²) in [6.07, 6.45) is 8.97. The summed E-state index contributed by atoms with van der Waals surface area (Å²) in [5, 5.41) is 11.3. The fraction of sp³-hybridized carbons (Fsp3) is 0.739. The summed E-state index contributed by atoms with van der Waals surface area (Å²) in [4.78, 5) is 23.9. The molecule has 0 aromatic carbocycles. The molecule has 27 heavy (non-hydrogen) atoms. The molecule has 3 saturated carbocycles. The van der Waals surface area contributed by atoms with E-state index < -0.39 is 6.10 Å². The molecular formula is C23H32O4. The highest BCUT2D eigenvalue weighted by Gasteiger charge is 2.64. The molecule has 0 radical (unpaired) electrons. The third-order valence-corrected chi connectivity index (χ3v) is 8.27. The van der Waals surface area contributed by atoms with E-state index in [1.165, 1.54) is 5.57 Å². The zero-order valence-electron chi connectivity index (χ0n) is 16.9. The van der Waals surface area contributed by atoms with Gasteiger partial charge in [0.2, 0.25) is 0 Å². The summed E-state index contributed by atoms with van der Waals surface area (Å²) in [6, 6.07) is 0. The fourth-order valence-corrected chi connectivity index (χ4v) is 7.13. The maximum absolute atomic E-state index is 12.0. The van der Waals surface area contributed by atoms with Crippen molar-refractivity contribution in [1.82, 2.24) is 0 Å². The summed E-state index contributed by atoms with van der Waals surface area (Å²) < 4.78 is 5.90. The Morgan fingerprint density at radius 2 is 2.11 bits per heavy atom. The number of aliphatic hydroxyl groups is 1. The average Bonchev–Trinajstić information content (AvgIpc) is 2.86. The highest BCUT2D eigenvalue weighted by Crippen LogP contribution is 2.65. The standard InChI is InChI=1S/C23H32O4/c1-5-19(26)27-21-13(2)10-17-16-7-6-14-11-15(24)8-9-22(14,3)20(16)18(25)12-23(17,21)4/h8-9,11,13,16-18,20-21,25H,5-7,10,12H2,1-4H3/t13-,16-,17-,18-,20+,21-,22-,23-/m0/s1. The van der Waals surface area contributed by atoms with Crippen molar-refractivity contribution >= 4 is 11.8 Å². The van der Waals surface area contributed by atoms with Crippen molar-refractivity contribution in [2.24, 2.45) is 34.5 Å². The number of carbonyl (C=O) groups excluding carboxylic acids is 2. The van der Waals surface area contributed by atoms with Gasteiger partial charge in [-0.1, -0.05) is 39.3 Å². The van der Waals surface area contributed by atoms with Gasteiger partial charge in [-0.05, 0) is 55.6 Å². The lowest BCUT2D eigenvalue weighted by atomic mass is 9.47. The Labute approximate surface area is 162 Å². The molecule has 4 aliphatic rings. The molecule has 0 amide bonds. The third-order valence-electron chi connectivity index (χ3n) is 8.27. The Morgan fingerprint density at radius 3 is 2.81 bits per heavy atom. The van der Waals surface area contributed by atoms with Gasteiger partial charge in [0.05, 0.1) is 6.10 Å². The minimum Gasteiger partial charge on any atom is -0.461 e. The van der Waals surface area contributed by atoms with Gasteiger partial charge in [-0.15, -0.1) is 0 Å². The van der Waals surface area contributed by atoms with Crippen LogP contribution in [-0.2, 0) is 14.3 Å². The first-order chi connectivity index (χ1) is 12.7. The summed E-state index contributed by atoms with van der Waals surface area (Å²) in [5.74, 6) is 1.21. The molecule has 0 heterocycles. The van der Waals surface area contributed by atoms with Crippen molar-refractivity contribution in [3.8, 4) is 0 Å². The van der Waals surface area contributed by atoms with Gasteiger partial charge >= 0.3 is 5.97 Å². The Balaban J connectivity index is 1.69. The SMILES string of the molecule is CCC(=O)O[C@H]1[C@@H](C)C[C@H]2[C@@H]3CCC4=CC(=O)C=C[C@]4(C)[C@H]3[C@@H](O)C[C@@]21C. The lowest BCUT2D eigenvalue weighted by Crippen LogP contribution is -2.57. The fourth-order valence-electron chi connectivity index (χ4n) is 7.13. The molecule has 3 fully saturated rings. The Morgan fingerprint density at radius 1 is 1.37 bits per heavy atom. The lowest BCUT2D eigenvalue weighted by molar-refractivity contribution is -0.170. The van der Waals surface area contributed by atoms with Gasteiger partial charge in [0.25, 0.3) is 0 Å². The van der Waals surface area contributed by atoms with E-state index in [0.29, 0.717) is 30.6 Å². The van der Waals surface area contributed by atoms with Crippen molar-refractivity contribution < 1.29 is 19.4 Å². The number of ether oxygens (including phenoxy) is 1. The van der Waals surface area contributed by atoms with Gasteiger partial charge in [-0.3, -0.25) is 9.59 Å². The van der Waals surface area contributed by atoms with Gasteiger partial charge in [0, 0.05) is 23.2 Å². The molecule has 4 rings (SSSR count). The van der Waals surface area contributed by atoms with Crippen LogP contribution in [-0.4, -0.2) is 29.1 Å². The predicted octanol–water partition coefficient (Wildman–Crippen LogP) is 3.83. The monoisotopic (exact) mass is 372 g/mol. The molecular weight excluding hydrogens is 340 g/mol. The van der Waals surface area contributed by atoms with Crippen LogP contribution in [0.2, 0.25) is 0 Å². The Hall–Kier alpha value is -1.42. The zero-order valence-corrected chi connectivity index (χ0v) is 16.9. The molecule has 0 aromatic heterocycles. The number of ketones is 1. The number of rotatable bonds is 2. The van der Waals surface area contributed by atoms with Crippen molar-refractivity contribution in [2.75, 3.05) is 0 Å². The highest BCUT2D eigenvalue weighted by molar-refractivity contribution is 6.01. The molecule has 4 nitrogen and oxygen atoms in total. The number of hydrogen-bond acceptors (Lipinski definition) is 4. The first-order valence-electron chi connectivity index (χ1n) is 10.5. The molecule has 4 heteroatoms. The van der Waals surface area contributed by atoms with E-state index in [4.69, 9.17) is 4.74 Å². The number of allylic oxidation sites excluding steroid dienone is 4. The molecule has 148 valence electrons. The minimum atomic E-state index is -0.448. The zero-order chi connectivity index (χ0) is 19.6.